The van der Waals surface area contributed by atoms with E-state index in [9.17, 15) is 0 Å². The molecule has 0 spiro atoms. The van der Waals surface area contributed by atoms with Crippen LogP contribution < -0.4 is 5.32 Å². The summed E-state index contributed by atoms with van der Waals surface area (Å²) in [6.07, 6.45) is 4.09. The van der Waals surface area contributed by atoms with Gasteiger partial charge in [0.15, 0.2) is 0 Å². The van der Waals surface area contributed by atoms with E-state index in [4.69, 9.17) is 0 Å². The molecule has 1 nitrogen and oxygen atoms in total. The molecule has 0 amide bonds. The minimum atomic E-state index is 0.346. The topological polar surface area (TPSA) is 12.0 Å². The third kappa shape index (κ3) is 0.912. The fourth-order valence-electron chi connectivity index (χ4n) is 3.14. The van der Waals surface area contributed by atoms with Crippen molar-refractivity contribution in [1.29, 1.82) is 0 Å². The summed E-state index contributed by atoms with van der Waals surface area (Å²) in [6, 6.07) is 0. The molecule has 2 atom stereocenters. The first-order chi connectivity index (χ1) is 5.62. The van der Waals surface area contributed by atoms with Crippen LogP contribution >= 0.6 is 12.6 Å². The van der Waals surface area contributed by atoms with Crippen LogP contribution in [-0.4, -0.2) is 17.8 Å². The Bertz CT molecular complexity index is 186. The molecule has 2 aliphatic rings. The van der Waals surface area contributed by atoms with Crippen LogP contribution in [0, 0.1) is 11.3 Å². The van der Waals surface area contributed by atoms with Gasteiger partial charge in [-0.25, -0.2) is 0 Å². The largest absolute Gasteiger partial charge is 0.310 e. The fraction of sp³-hybridized carbons (Fsp3) is 1.00. The summed E-state index contributed by atoms with van der Waals surface area (Å²) in [5.41, 5.74) is 0.812. The molecule has 0 aromatic carbocycles. The van der Waals surface area contributed by atoms with E-state index < -0.39 is 0 Å². The number of nitrogens with one attached hydrogen (secondary N) is 1. The van der Waals surface area contributed by atoms with Gasteiger partial charge in [0, 0.05) is 11.3 Å². The van der Waals surface area contributed by atoms with Gasteiger partial charge in [-0.1, -0.05) is 13.8 Å². The zero-order chi connectivity index (χ0) is 8.82. The summed E-state index contributed by atoms with van der Waals surface area (Å²) in [5, 5.41) is 3.69. The first-order valence-corrected chi connectivity index (χ1v) is 5.61. The molecule has 1 heterocycles. The number of hydrogen-bond donors (Lipinski definition) is 2. The second-order valence-electron chi connectivity index (χ2n) is 4.91. The Balaban J connectivity index is 2.32. The van der Waals surface area contributed by atoms with Crippen LogP contribution in [0.25, 0.3) is 0 Å². The predicted octanol–water partition coefficient (Wildman–Crippen LogP) is 2.08. The highest BCUT2D eigenvalue weighted by Gasteiger charge is 2.55. The van der Waals surface area contributed by atoms with E-state index in [1.54, 1.807) is 0 Å². The molecule has 1 aliphatic carbocycles. The van der Waals surface area contributed by atoms with Gasteiger partial charge >= 0.3 is 0 Å². The standard InChI is InChI=1S/C10H19NS/c1-9(2)8-3-5-10(9,7-12)11-6-4-8/h8,11-12H,3-7H2,1-2H3/t8-,10+/m1/s1. The number of hydrogen-bond acceptors (Lipinski definition) is 2. The molecule has 0 radical (unpaired) electrons. The monoisotopic (exact) mass is 185 g/mol. The highest BCUT2D eigenvalue weighted by Crippen LogP contribution is 2.54. The number of rotatable bonds is 1. The minimum absolute atomic E-state index is 0.346. The van der Waals surface area contributed by atoms with Crippen molar-refractivity contribution in [3.05, 3.63) is 0 Å². The van der Waals surface area contributed by atoms with Crippen molar-refractivity contribution in [1.82, 2.24) is 5.32 Å². The van der Waals surface area contributed by atoms with Gasteiger partial charge < -0.3 is 5.32 Å². The van der Waals surface area contributed by atoms with Crippen molar-refractivity contribution in [2.45, 2.75) is 38.6 Å². The lowest BCUT2D eigenvalue weighted by Crippen LogP contribution is -2.59. The maximum absolute atomic E-state index is 4.51. The normalized spacial score (nSPS) is 44.8. The SMILES string of the molecule is CC1(C)[C@H]2CCN[C@]1(CS)CC2. The van der Waals surface area contributed by atoms with E-state index >= 15 is 0 Å². The average Bonchev–Trinajstić information content (AvgIpc) is 2.27. The van der Waals surface area contributed by atoms with Gasteiger partial charge in [-0.05, 0) is 37.1 Å². The first kappa shape index (κ1) is 8.89. The van der Waals surface area contributed by atoms with E-state index in [0.717, 1.165) is 11.7 Å². The van der Waals surface area contributed by atoms with E-state index in [2.05, 4.69) is 31.8 Å². The van der Waals surface area contributed by atoms with Gasteiger partial charge in [0.25, 0.3) is 0 Å². The maximum atomic E-state index is 4.51. The average molecular weight is 185 g/mol. The lowest BCUT2D eigenvalue weighted by Gasteiger charge is -2.48. The van der Waals surface area contributed by atoms with Gasteiger partial charge in [0.05, 0.1) is 0 Å². The van der Waals surface area contributed by atoms with Crippen LogP contribution in [-0.2, 0) is 0 Å². The molecule has 0 aromatic heterocycles. The Hall–Kier alpha value is 0.310. The van der Waals surface area contributed by atoms with E-state index in [0.29, 0.717) is 11.0 Å². The summed E-state index contributed by atoms with van der Waals surface area (Å²) in [5.74, 6) is 1.93. The molecule has 0 unspecified atom stereocenters. The van der Waals surface area contributed by atoms with Crippen molar-refractivity contribution in [2.75, 3.05) is 12.3 Å². The molecule has 1 saturated carbocycles. The van der Waals surface area contributed by atoms with Gasteiger partial charge in [0.1, 0.15) is 0 Å². The predicted molar refractivity (Wildman–Crippen MR) is 55.7 cm³/mol. The molecule has 2 bridgehead atoms. The quantitative estimate of drug-likeness (QED) is 0.596. The Labute approximate surface area is 80.7 Å². The van der Waals surface area contributed by atoms with Crippen molar-refractivity contribution >= 4 is 12.6 Å². The number of fused-ring (bicyclic) bond motifs is 2. The van der Waals surface area contributed by atoms with E-state index in [-0.39, 0.29) is 0 Å². The lowest BCUT2D eigenvalue weighted by molar-refractivity contribution is 0.0909. The zero-order valence-corrected chi connectivity index (χ0v) is 8.95. The van der Waals surface area contributed by atoms with E-state index in [1.807, 2.05) is 0 Å². The second kappa shape index (κ2) is 2.65. The Kier molecular flexibility index (Phi) is 1.96. The zero-order valence-electron chi connectivity index (χ0n) is 8.06. The van der Waals surface area contributed by atoms with Crippen molar-refractivity contribution in [2.24, 2.45) is 11.3 Å². The Morgan fingerprint density at radius 2 is 2.17 bits per heavy atom. The van der Waals surface area contributed by atoms with E-state index in [1.165, 1.54) is 25.8 Å². The van der Waals surface area contributed by atoms with Crippen LogP contribution in [0.2, 0.25) is 0 Å². The van der Waals surface area contributed by atoms with Gasteiger partial charge in [-0.2, -0.15) is 12.6 Å². The molecule has 2 heteroatoms. The highest BCUT2D eigenvalue weighted by atomic mass is 32.1. The summed E-state index contributed by atoms with van der Waals surface area (Å²) >= 11 is 4.51. The van der Waals surface area contributed by atoms with Crippen LogP contribution in [0.5, 0.6) is 0 Å². The van der Waals surface area contributed by atoms with Crippen molar-refractivity contribution in [3.63, 3.8) is 0 Å². The first-order valence-electron chi connectivity index (χ1n) is 4.98. The molecule has 70 valence electrons. The summed E-state index contributed by atoms with van der Waals surface area (Å²) in [4.78, 5) is 0. The summed E-state index contributed by atoms with van der Waals surface area (Å²) in [7, 11) is 0. The van der Waals surface area contributed by atoms with Gasteiger partial charge in [-0.3, -0.25) is 0 Å². The molecule has 0 aromatic rings. The van der Waals surface area contributed by atoms with Crippen molar-refractivity contribution in [3.8, 4) is 0 Å². The Morgan fingerprint density at radius 3 is 2.75 bits per heavy atom. The Morgan fingerprint density at radius 1 is 1.42 bits per heavy atom. The smallest absolute Gasteiger partial charge is 0.0323 e. The lowest BCUT2D eigenvalue weighted by atomic mass is 9.68. The van der Waals surface area contributed by atoms with Gasteiger partial charge in [-0.15, -0.1) is 0 Å². The van der Waals surface area contributed by atoms with Gasteiger partial charge in [0.2, 0.25) is 0 Å². The second-order valence-corrected chi connectivity index (χ2v) is 5.23. The maximum Gasteiger partial charge on any atom is 0.0323 e. The minimum Gasteiger partial charge on any atom is -0.310 e. The molecule has 2 fully saturated rings. The molecule has 2 rings (SSSR count). The molecule has 1 aliphatic heterocycles. The third-order valence-corrected chi connectivity index (χ3v) is 4.94. The molecular formula is C10H19NS. The van der Waals surface area contributed by atoms with Crippen LogP contribution in [0.15, 0.2) is 0 Å². The molecule has 12 heavy (non-hydrogen) atoms. The fourth-order valence-corrected chi connectivity index (χ4v) is 3.82. The molecule has 1 saturated heterocycles. The summed E-state index contributed by atoms with van der Waals surface area (Å²) < 4.78 is 0. The van der Waals surface area contributed by atoms with Crippen molar-refractivity contribution < 1.29 is 0 Å². The molecule has 1 N–H and O–H groups in total. The van der Waals surface area contributed by atoms with Crippen LogP contribution in [0.1, 0.15) is 33.1 Å². The highest BCUT2D eigenvalue weighted by molar-refractivity contribution is 7.80. The third-order valence-electron chi connectivity index (χ3n) is 4.40. The summed E-state index contributed by atoms with van der Waals surface area (Å²) in [6.45, 7) is 6.02. The number of piperidine rings is 1. The van der Waals surface area contributed by atoms with Crippen LogP contribution in [0.4, 0.5) is 0 Å². The number of thiol groups is 1. The van der Waals surface area contributed by atoms with Crippen LogP contribution in [0.3, 0.4) is 0 Å². The molecular weight excluding hydrogens is 166 g/mol.